The molecule has 0 saturated carbocycles. The summed E-state index contributed by atoms with van der Waals surface area (Å²) in [5, 5.41) is 8.62. The maximum Gasteiger partial charge on any atom is 0.251 e. The van der Waals surface area contributed by atoms with Crippen LogP contribution in [-0.2, 0) is 11.4 Å². The Morgan fingerprint density at radius 2 is 1.63 bits per heavy atom. The predicted molar refractivity (Wildman–Crippen MR) is 119 cm³/mol. The lowest BCUT2D eigenvalue weighted by molar-refractivity contribution is -0.114. The molecular weight excluding hydrogens is 378 g/mol. The summed E-state index contributed by atoms with van der Waals surface area (Å²) in [5.41, 5.74) is 3.04. The number of anilines is 2. The molecule has 2 amide bonds. The van der Waals surface area contributed by atoms with E-state index >= 15 is 0 Å². The van der Waals surface area contributed by atoms with Gasteiger partial charge in [0.1, 0.15) is 12.4 Å². The van der Waals surface area contributed by atoms with Crippen LogP contribution in [0.2, 0.25) is 0 Å². The van der Waals surface area contributed by atoms with E-state index in [0.29, 0.717) is 30.1 Å². The predicted octanol–water partition coefficient (Wildman–Crippen LogP) is 4.07. The fourth-order valence-corrected chi connectivity index (χ4v) is 2.80. The van der Waals surface area contributed by atoms with Crippen molar-refractivity contribution in [3.63, 3.8) is 0 Å². The quantitative estimate of drug-likeness (QED) is 0.503. The van der Waals surface area contributed by atoms with E-state index in [2.05, 4.69) is 16.0 Å². The van der Waals surface area contributed by atoms with E-state index in [1.54, 1.807) is 30.3 Å². The largest absolute Gasteiger partial charge is 0.489 e. The molecule has 3 rings (SSSR count). The number of benzene rings is 3. The average Bonchev–Trinajstić information content (AvgIpc) is 2.78. The number of nitrogens with one attached hydrogen (secondary N) is 3. The highest BCUT2D eigenvalue weighted by Gasteiger charge is 2.07. The molecule has 0 atom stereocenters. The van der Waals surface area contributed by atoms with Crippen molar-refractivity contribution in [1.29, 1.82) is 0 Å². The Bertz CT molecular complexity index is 973. The molecule has 3 N–H and O–H groups in total. The molecule has 0 heterocycles. The van der Waals surface area contributed by atoms with Crippen LogP contribution in [0.4, 0.5) is 11.4 Å². The highest BCUT2D eigenvalue weighted by Crippen LogP contribution is 2.17. The van der Waals surface area contributed by atoms with Gasteiger partial charge in [-0.2, -0.15) is 0 Å². The van der Waals surface area contributed by atoms with Crippen molar-refractivity contribution in [1.82, 2.24) is 5.32 Å². The van der Waals surface area contributed by atoms with Gasteiger partial charge in [-0.15, -0.1) is 0 Å². The summed E-state index contributed by atoms with van der Waals surface area (Å²) in [7, 11) is 0. The molecule has 6 heteroatoms. The molecular formula is C24H25N3O3. The maximum absolute atomic E-state index is 12.2. The van der Waals surface area contributed by atoms with Crippen LogP contribution >= 0.6 is 0 Å². The first-order valence-corrected chi connectivity index (χ1v) is 9.83. The Labute approximate surface area is 176 Å². The van der Waals surface area contributed by atoms with Crippen molar-refractivity contribution in [2.45, 2.75) is 13.5 Å². The van der Waals surface area contributed by atoms with Gasteiger partial charge in [-0.3, -0.25) is 9.59 Å². The number of carbonyl (C=O) groups excluding carboxylic acids is 2. The second-order valence-electron chi connectivity index (χ2n) is 6.64. The third-order valence-corrected chi connectivity index (χ3v) is 4.30. The van der Waals surface area contributed by atoms with E-state index < -0.39 is 0 Å². The summed E-state index contributed by atoms with van der Waals surface area (Å²) in [5.74, 6) is 0.411. The highest BCUT2D eigenvalue weighted by molar-refractivity contribution is 5.96. The Balaban J connectivity index is 1.47. The van der Waals surface area contributed by atoms with Crippen molar-refractivity contribution < 1.29 is 14.3 Å². The lowest BCUT2D eigenvalue weighted by atomic mass is 10.2. The summed E-state index contributed by atoms with van der Waals surface area (Å²) < 4.78 is 5.75. The molecule has 154 valence electrons. The van der Waals surface area contributed by atoms with Gasteiger partial charge in [0.2, 0.25) is 5.91 Å². The fraction of sp³-hybridized carbons (Fsp3) is 0.167. The average molecular weight is 403 g/mol. The van der Waals surface area contributed by atoms with E-state index in [0.717, 1.165) is 11.3 Å². The standard InChI is InChI=1S/C24H25N3O3/c1-2-25-24(29)19-9-6-10-21(15-19)26-16-23(28)27-20-11-13-22(14-12-20)30-17-18-7-4-3-5-8-18/h3-15,26H,2,16-17H2,1H3,(H,25,29)(H,27,28). The zero-order chi connectivity index (χ0) is 21.2. The smallest absolute Gasteiger partial charge is 0.251 e. The second-order valence-corrected chi connectivity index (χ2v) is 6.64. The van der Waals surface area contributed by atoms with Crippen molar-refractivity contribution in [2.24, 2.45) is 0 Å². The SMILES string of the molecule is CCNC(=O)c1cccc(NCC(=O)Nc2ccc(OCc3ccccc3)cc2)c1. The molecule has 0 saturated heterocycles. The molecule has 0 aliphatic heterocycles. The summed E-state index contributed by atoms with van der Waals surface area (Å²) in [6.07, 6.45) is 0. The van der Waals surface area contributed by atoms with Crippen molar-refractivity contribution in [3.8, 4) is 5.75 Å². The van der Waals surface area contributed by atoms with Crippen LogP contribution in [0.15, 0.2) is 78.9 Å². The number of rotatable bonds is 9. The summed E-state index contributed by atoms with van der Waals surface area (Å²) in [6.45, 7) is 3.01. The molecule has 0 unspecified atom stereocenters. The Morgan fingerprint density at radius 3 is 2.37 bits per heavy atom. The van der Waals surface area contributed by atoms with Gasteiger partial charge in [0.05, 0.1) is 6.54 Å². The fourth-order valence-electron chi connectivity index (χ4n) is 2.80. The first kappa shape index (κ1) is 20.9. The van der Waals surface area contributed by atoms with Crippen molar-refractivity contribution in [2.75, 3.05) is 23.7 Å². The maximum atomic E-state index is 12.2. The lowest BCUT2D eigenvalue weighted by Crippen LogP contribution is -2.23. The third kappa shape index (κ3) is 6.38. The second kappa shape index (κ2) is 10.7. The van der Waals surface area contributed by atoms with Crippen LogP contribution in [-0.4, -0.2) is 24.9 Å². The molecule has 0 aliphatic rings. The third-order valence-electron chi connectivity index (χ3n) is 4.30. The van der Waals surface area contributed by atoms with E-state index in [1.807, 2.05) is 55.5 Å². The van der Waals surface area contributed by atoms with Gasteiger partial charge in [-0.25, -0.2) is 0 Å². The van der Waals surface area contributed by atoms with E-state index in [9.17, 15) is 9.59 Å². The summed E-state index contributed by atoms with van der Waals surface area (Å²) in [4.78, 5) is 24.1. The summed E-state index contributed by atoms with van der Waals surface area (Å²) >= 11 is 0. The molecule has 0 spiro atoms. The van der Waals surface area contributed by atoms with Gasteiger partial charge in [0.25, 0.3) is 5.91 Å². The molecule has 0 radical (unpaired) electrons. The topological polar surface area (TPSA) is 79.5 Å². The number of amides is 2. The van der Waals surface area contributed by atoms with Gasteiger partial charge in [-0.1, -0.05) is 36.4 Å². The molecule has 6 nitrogen and oxygen atoms in total. The molecule has 30 heavy (non-hydrogen) atoms. The normalized spacial score (nSPS) is 10.2. The number of hydrogen-bond donors (Lipinski definition) is 3. The number of ether oxygens (including phenoxy) is 1. The molecule has 3 aromatic carbocycles. The van der Waals surface area contributed by atoms with Crippen LogP contribution in [0.5, 0.6) is 5.75 Å². The monoisotopic (exact) mass is 403 g/mol. The van der Waals surface area contributed by atoms with E-state index in [4.69, 9.17) is 4.74 Å². The summed E-state index contributed by atoms with van der Waals surface area (Å²) in [6, 6.07) is 24.2. The molecule has 0 bridgehead atoms. The molecule has 0 fully saturated rings. The minimum absolute atomic E-state index is 0.0884. The van der Waals surface area contributed by atoms with Gasteiger partial charge in [0, 0.05) is 23.5 Å². The van der Waals surface area contributed by atoms with E-state index in [-0.39, 0.29) is 18.4 Å². The van der Waals surface area contributed by atoms with Gasteiger partial charge in [-0.05, 0) is 55.0 Å². The zero-order valence-electron chi connectivity index (χ0n) is 16.9. The Morgan fingerprint density at radius 1 is 0.867 bits per heavy atom. The minimum atomic E-state index is -0.184. The van der Waals surface area contributed by atoms with Crippen molar-refractivity contribution in [3.05, 3.63) is 90.0 Å². The van der Waals surface area contributed by atoms with Gasteiger partial charge < -0.3 is 20.7 Å². The number of hydrogen-bond acceptors (Lipinski definition) is 4. The van der Waals surface area contributed by atoms with Crippen LogP contribution in [0, 0.1) is 0 Å². The van der Waals surface area contributed by atoms with Crippen LogP contribution in [0.25, 0.3) is 0 Å². The van der Waals surface area contributed by atoms with Crippen LogP contribution in [0.3, 0.4) is 0 Å². The van der Waals surface area contributed by atoms with Gasteiger partial charge in [0.15, 0.2) is 0 Å². The first-order chi connectivity index (χ1) is 14.6. The molecule has 0 aliphatic carbocycles. The lowest BCUT2D eigenvalue weighted by Gasteiger charge is -2.10. The highest BCUT2D eigenvalue weighted by atomic mass is 16.5. The first-order valence-electron chi connectivity index (χ1n) is 9.83. The van der Waals surface area contributed by atoms with E-state index in [1.165, 1.54) is 0 Å². The number of carbonyl (C=O) groups is 2. The molecule has 0 aromatic heterocycles. The molecule has 3 aromatic rings. The minimum Gasteiger partial charge on any atom is -0.489 e. The van der Waals surface area contributed by atoms with Crippen molar-refractivity contribution >= 4 is 23.2 Å². The van der Waals surface area contributed by atoms with Crippen LogP contribution < -0.4 is 20.7 Å². The van der Waals surface area contributed by atoms with Crippen LogP contribution in [0.1, 0.15) is 22.8 Å². The van der Waals surface area contributed by atoms with Gasteiger partial charge >= 0.3 is 0 Å². The Hall–Kier alpha value is -3.80. The zero-order valence-corrected chi connectivity index (χ0v) is 16.9. The Kier molecular flexibility index (Phi) is 7.44.